The Balaban J connectivity index is 0.00000480. The van der Waals surface area contributed by atoms with Gasteiger partial charge >= 0.3 is 0 Å². The van der Waals surface area contributed by atoms with Crippen LogP contribution in [-0.2, 0) is 6.54 Å². The van der Waals surface area contributed by atoms with E-state index >= 15 is 0 Å². The van der Waals surface area contributed by atoms with Crippen LogP contribution in [0.4, 0.5) is 0 Å². The summed E-state index contributed by atoms with van der Waals surface area (Å²) in [5.74, 6) is 1.98. The molecule has 0 bridgehead atoms. The van der Waals surface area contributed by atoms with Crippen molar-refractivity contribution in [1.82, 2.24) is 15.6 Å². The Morgan fingerprint density at radius 2 is 1.97 bits per heavy atom. The van der Waals surface area contributed by atoms with Crippen LogP contribution in [0.25, 0.3) is 0 Å². The number of ether oxygens (including phenoxy) is 2. The van der Waals surface area contributed by atoms with Gasteiger partial charge in [-0.15, -0.1) is 24.0 Å². The van der Waals surface area contributed by atoms with Gasteiger partial charge in [-0.05, 0) is 51.0 Å². The normalized spacial score (nSPS) is 12.1. The monoisotopic (exact) mass is 542 g/mol. The van der Waals surface area contributed by atoms with Crippen molar-refractivity contribution in [2.24, 2.45) is 4.99 Å². The number of pyridine rings is 1. The van der Waals surface area contributed by atoms with Gasteiger partial charge in [-0.1, -0.05) is 25.1 Å². The number of benzene rings is 1. The van der Waals surface area contributed by atoms with Crippen molar-refractivity contribution in [1.29, 1.82) is 0 Å². The van der Waals surface area contributed by atoms with Gasteiger partial charge in [0.25, 0.3) is 0 Å². The molecule has 0 aliphatic carbocycles. The molecule has 8 heteroatoms. The second kappa shape index (κ2) is 14.9. The molecule has 1 atom stereocenters. The SMILES string of the molecule is CCCOc1ncccc1CN=C(NCC)NCC(O)c1cccc(OC(C)C)c1.I. The highest BCUT2D eigenvalue weighted by molar-refractivity contribution is 14.0. The number of aliphatic hydroxyl groups is 1. The molecule has 2 aromatic rings. The van der Waals surface area contributed by atoms with E-state index in [2.05, 4.69) is 27.5 Å². The molecule has 7 nitrogen and oxygen atoms in total. The number of nitrogens with one attached hydrogen (secondary N) is 2. The maximum absolute atomic E-state index is 10.6. The first-order valence-electron chi connectivity index (χ1n) is 10.6. The third-order valence-corrected chi connectivity index (χ3v) is 4.12. The van der Waals surface area contributed by atoms with Crippen molar-refractivity contribution in [3.63, 3.8) is 0 Å². The lowest BCUT2D eigenvalue weighted by Gasteiger charge is -2.17. The van der Waals surface area contributed by atoms with Crippen molar-refractivity contribution in [3.05, 3.63) is 53.7 Å². The van der Waals surface area contributed by atoms with Crippen molar-refractivity contribution < 1.29 is 14.6 Å². The van der Waals surface area contributed by atoms with E-state index in [4.69, 9.17) is 9.47 Å². The predicted molar refractivity (Wildman–Crippen MR) is 135 cm³/mol. The second-order valence-corrected chi connectivity index (χ2v) is 7.15. The van der Waals surface area contributed by atoms with Gasteiger partial charge in [0.2, 0.25) is 5.88 Å². The van der Waals surface area contributed by atoms with Gasteiger partial charge in [-0.2, -0.15) is 0 Å². The first-order chi connectivity index (χ1) is 14.5. The Bertz CT molecular complexity index is 802. The molecule has 0 saturated heterocycles. The molecule has 172 valence electrons. The van der Waals surface area contributed by atoms with Crippen molar-refractivity contribution in [2.45, 2.75) is 52.9 Å². The molecule has 0 saturated carbocycles. The fourth-order valence-corrected chi connectivity index (χ4v) is 2.76. The summed E-state index contributed by atoms with van der Waals surface area (Å²) in [5.41, 5.74) is 1.71. The van der Waals surface area contributed by atoms with Crippen LogP contribution in [0.5, 0.6) is 11.6 Å². The zero-order chi connectivity index (χ0) is 21.8. The Morgan fingerprint density at radius 3 is 2.68 bits per heavy atom. The summed E-state index contributed by atoms with van der Waals surface area (Å²) in [7, 11) is 0. The minimum absolute atomic E-state index is 0. The summed E-state index contributed by atoms with van der Waals surface area (Å²) in [6.45, 7) is 10.1. The largest absolute Gasteiger partial charge is 0.491 e. The van der Waals surface area contributed by atoms with E-state index in [9.17, 15) is 5.11 Å². The number of nitrogens with zero attached hydrogens (tertiary/aromatic N) is 2. The molecule has 0 aliphatic heterocycles. The third kappa shape index (κ3) is 9.73. The van der Waals surface area contributed by atoms with Gasteiger partial charge in [-0.25, -0.2) is 9.98 Å². The van der Waals surface area contributed by atoms with Crippen LogP contribution in [0.3, 0.4) is 0 Å². The first-order valence-corrected chi connectivity index (χ1v) is 10.6. The van der Waals surface area contributed by atoms with Crippen LogP contribution in [-0.4, -0.2) is 41.9 Å². The number of aliphatic imine (C=N–C) groups is 1. The van der Waals surface area contributed by atoms with Crippen molar-refractivity contribution in [3.8, 4) is 11.6 Å². The quantitative estimate of drug-likeness (QED) is 0.226. The minimum Gasteiger partial charge on any atom is -0.491 e. The summed E-state index contributed by atoms with van der Waals surface area (Å²) in [5, 5.41) is 17.0. The molecule has 0 aliphatic rings. The summed E-state index contributed by atoms with van der Waals surface area (Å²) in [4.78, 5) is 8.91. The molecule has 31 heavy (non-hydrogen) atoms. The fraction of sp³-hybridized carbons (Fsp3) is 0.478. The number of rotatable bonds is 11. The molecule has 0 fully saturated rings. The Kier molecular flexibility index (Phi) is 12.9. The van der Waals surface area contributed by atoms with Gasteiger partial charge in [0.15, 0.2) is 5.96 Å². The maximum Gasteiger partial charge on any atom is 0.218 e. The lowest BCUT2D eigenvalue weighted by molar-refractivity contribution is 0.179. The Morgan fingerprint density at radius 1 is 1.16 bits per heavy atom. The van der Waals surface area contributed by atoms with Crippen LogP contribution in [0.1, 0.15) is 51.3 Å². The number of aliphatic hydroxyl groups excluding tert-OH is 1. The molecule has 0 spiro atoms. The van der Waals surface area contributed by atoms with E-state index in [-0.39, 0.29) is 30.1 Å². The number of hydrogen-bond acceptors (Lipinski definition) is 5. The topological polar surface area (TPSA) is 88.0 Å². The predicted octanol–water partition coefficient (Wildman–Crippen LogP) is 4.06. The smallest absolute Gasteiger partial charge is 0.218 e. The number of hydrogen-bond donors (Lipinski definition) is 3. The Labute approximate surface area is 202 Å². The highest BCUT2D eigenvalue weighted by Crippen LogP contribution is 2.20. The molecule has 0 amide bonds. The van der Waals surface area contributed by atoms with Gasteiger partial charge in [0.1, 0.15) is 5.75 Å². The van der Waals surface area contributed by atoms with Crippen molar-refractivity contribution in [2.75, 3.05) is 19.7 Å². The Hall–Kier alpha value is -2.07. The molecule has 1 unspecified atom stereocenters. The summed E-state index contributed by atoms with van der Waals surface area (Å²) in [6.07, 6.45) is 2.04. The van der Waals surface area contributed by atoms with Gasteiger partial charge < -0.3 is 25.2 Å². The maximum atomic E-state index is 10.6. The average molecular weight is 542 g/mol. The lowest BCUT2D eigenvalue weighted by atomic mass is 10.1. The molecule has 3 N–H and O–H groups in total. The highest BCUT2D eigenvalue weighted by Gasteiger charge is 2.11. The third-order valence-electron chi connectivity index (χ3n) is 4.12. The van der Waals surface area contributed by atoms with E-state index < -0.39 is 6.10 Å². The summed E-state index contributed by atoms with van der Waals surface area (Å²) < 4.78 is 11.4. The van der Waals surface area contributed by atoms with Gasteiger partial charge in [-0.3, -0.25) is 0 Å². The first kappa shape index (κ1) is 27.0. The van der Waals surface area contributed by atoms with Crippen LogP contribution < -0.4 is 20.1 Å². The summed E-state index contributed by atoms with van der Waals surface area (Å²) in [6, 6.07) is 11.4. The second-order valence-electron chi connectivity index (χ2n) is 7.15. The van der Waals surface area contributed by atoms with E-state index in [1.54, 1.807) is 6.20 Å². The average Bonchev–Trinajstić information content (AvgIpc) is 2.74. The van der Waals surface area contributed by atoms with E-state index in [0.717, 1.165) is 23.3 Å². The number of aromatic nitrogens is 1. The van der Waals surface area contributed by atoms with E-state index in [1.165, 1.54) is 0 Å². The van der Waals surface area contributed by atoms with E-state index in [1.807, 2.05) is 57.2 Å². The molecule has 1 aromatic carbocycles. The van der Waals surface area contributed by atoms with E-state index in [0.29, 0.717) is 38.1 Å². The number of halogens is 1. The van der Waals surface area contributed by atoms with Gasteiger partial charge in [0.05, 0.1) is 25.4 Å². The standard InChI is InChI=1S/C23H34N4O3.HI/c1-5-13-29-22-19(10-8-12-25-22)15-26-23(24-6-2)27-16-21(28)18-9-7-11-20(14-18)30-17(3)4;/h7-12,14,17,21,28H,5-6,13,15-16H2,1-4H3,(H2,24,26,27);1H. The van der Waals surface area contributed by atoms with Gasteiger partial charge in [0, 0.05) is 24.8 Å². The molecule has 0 radical (unpaired) electrons. The van der Waals surface area contributed by atoms with Crippen LogP contribution in [0, 0.1) is 0 Å². The minimum atomic E-state index is -0.689. The number of guanidine groups is 1. The summed E-state index contributed by atoms with van der Waals surface area (Å²) >= 11 is 0. The zero-order valence-corrected chi connectivity index (χ0v) is 21.1. The molecular weight excluding hydrogens is 507 g/mol. The zero-order valence-electron chi connectivity index (χ0n) is 18.8. The highest BCUT2D eigenvalue weighted by atomic mass is 127. The molecule has 1 heterocycles. The molecular formula is C23H35IN4O3. The molecule has 1 aromatic heterocycles. The molecule has 2 rings (SSSR count). The van der Waals surface area contributed by atoms with Crippen LogP contribution in [0.15, 0.2) is 47.6 Å². The van der Waals surface area contributed by atoms with Crippen LogP contribution in [0.2, 0.25) is 0 Å². The lowest BCUT2D eigenvalue weighted by Crippen LogP contribution is -2.39. The fourth-order valence-electron chi connectivity index (χ4n) is 2.76. The van der Waals surface area contributed by atoms with Crippen molar-refractivity contribution >= 4 is 29.9 Å². The van der Waals surface area contributed by atoms with Crippen LogP contribution >= 0.6 is 24.0 Å².